The molecule has 1 heterocycles. The summed E-state index contributed by atoms with van der Waals surface area (Å²) in [6.45, 7) is 4.32. The zero-order valence-corrected chi connectivity index (χ0v) is 15.7. The van der Waals surface area contributed by atoms with Crippen molar-refractivity contribution in [2.75, 3.05) is 12.4 Å². The first-order valence-electron chi connectivity index (χ1n) is 8.74. The molecule has 1 atom stereocenters. The van der Waals surface area contributed by atoms with Gasteiger partial charge in [0.15, 0.2) is 17.6 Å². The molecule has 27 heavy (non-hydrogen) atoms. The van der Waals surface area contributed by atoms with Crippen molar-refractivity contribution in [1.82, 2.24) is 9.78 Å². The van der Waals surface area contributed by atoms with Crippen LogP contribution in [0.5, 0.6) is 11.5 Å². The normalized spacial score (nSPS) is 11.7. The molecule has 140 valence electrons. The van der Waals surface area contributed by atoms with Crippen molar-refractivity contribution >= 4 is 11.7 Å². The largest absolute Gasteiger partial charge is 0.493 e. The first-order chi connectivity index (χ1) is 13.1. The highest BCUT2D eigenvalue weighted by atomic mass is 16.5. The van der Waals surface area contributed by atoms with Gasteiger partial charge in [0.2, 0.25) is 0 Å². The topological polar surface area (TPSA) is 65.4 Å². The summed E-state index contributed by atoms with van der Waals surface area (Å²) < 4.78 is 12.8. The second-order valence-electron chi connectivity index (χ2n) is 6.26. The van der Waals surface area contributed by atoms with Crippen LogP contribution in [-0.2, 0) is 11.3 Å². The van der Waals surface area contributed by atoms with Crippen molar-refractivity contribution in [3.05, 3.63) is 71.9 Å². The molecule has 2 aromatic carbocycles. The highest BCUT2D eigenvalue weighted by molar-refractivity contribution is 5.93. The molecule has 6 heteroatoms. The third-order valence-electron chi connectivity index (χ3n) is 4.16. The second-order valence-corrected chi connectivity index (χ2v) is 6.26. The number of aryl methyl sites for hydroxylation is 1. The van der Waals surface area contributed by atoms with Crippen LogP contribution >= 0.6 is 0 Å². The van der Waals surface area contributed by atoms with Crippen molar-refractivity contribution in [1.29, 1.82) is 0 Å². The van der Waals surface area contributed by atoms with Crippen LogP contribution in [0.1, 0.15) is 18.1 Å². The van der Waals surface area contributed by atoms with Crippen molar-refractivity contribution in [2.24, 2.45) is 0 Å². The summed E-state index contributed by atoms with van der Waals surface area (Å²) in [7, 11) is 1.57. The molecule has 1 aromatic heterocycles. The summed E-state index contributed by atoms with van der Waals surface area (Å²) in [4.78, 5) is 12.5. The molecule has 0 aliphatic carbocycles. The average Bonchev–Trinajstić information content (AvgIpc) is 3.10. The number of hydrogen-bond donors (Lipinski definition) is 1. The fraction of sp³-hybridized carbons (Fsp3) is 0.238. The molecule has 1 N–H and O–H groups in total. The van der Waals surface area contributed by atoms with Crippen molar-refractivity contribution in [3.8, 4) is 11.5 Å². The van der Waals surface area contributed by atoms with E-state index >= 15 is 0 Å². The fourth-order valence-electron chi connectivity index (χ4n) is 2.62. The lowest BCUT2D eigenvalue weighted by molar-refractivity contribution is -0.122. The Morgan fingerprint density at radius 2 is 1.81 bits per heavy atom. The van der Waals surface area contributed by atoms with E-state index in [4.69, 9.17) is 9.47 Å². The number of carbonyl (C=O) groups excluding carboxylic acids is 1. The van der Waals surface area contributed by atoms with Crippen molar-refractivity contribution in [3.63, 3.8) is 0 Å². The van der Waals surface area contributed by atoms with Gasteiger partial charge in [-0.3, -0.25) is 4.79 Å². The van der Waals surface area contributed by atoms with E-state index in [9.17, 15) is 4.79 Å². The zero-order chi connectivity index (χ0) is 19.2. The number of para-hydroxylation sites is 2. The minimum atomic E-state index is -0.691. The maximum Gasteiger partial charge on any atom is 0.266 e. The first-order valence-corrected chi connectivity index (χ1v) is 8.74. The maximum atomic E-state index is 12.5. The Kier molecular flexibility index (Phi) is 5.76. The van der Waals surface area contributed by atoms with E-state index in [1.165, 1.54) is 5.56 Å². The third-order valence-corrected chi connectivity index (χ3v) is 4.16. The van der Waals surface area contributed by atoms with Gasteiger partial charge in [-0.05, 0) is 31.5 Å². The number of hydrogen-bond acceptors (Lipinski definition) is 4. The number of amides is 1. The fourth-order valence-corrected chi connectivity index (χ4v) is 2.62. The third kappa shape index (κ3) is 4.67. The molecule has 0 fully saturated rings. The summed E-state index contributed by atoms with van der Waals surface area (Å²) in [6, 6.07) is 17.2. The van der Waals surface area contributed by atoms with Gasteiger partial charge in [-0.25, -0.2) is 4.68 Å². The second kappa shape index (κ2) is 8.40. The number of nitrogens with zero attached hydrogens (tertiary/aromatic N) is 2. The van der Waals surface area contributed by atoms with Crippen LogP contribution < -0.4 is 14.8 Å². The van der Waals surface area contributed by atoms with E-state index in [0.29, 0.717) is 23.9 Å². The van der Waals surface area contributed by atoms with Gasteiger partial charge in [-0.2, -0.15) is 5.10 Å². The smallest absolute Gasteiger partial charge is 0.266 e. The van der Waals surface area contributed by atoms with Gasteiger partial charge >= 0.3 is 0 Å². The summed E-state index contributed by atoms with van der Waals surface area (Å²) in [6.07, 6.45) is 0.972. The number of anilines is 1. The van der Waals surface area contributed by atoms with Crippen LogP contribution in [0.4, 0.5) is 5.82 Å². The molecular formula is C21H23N3O3. The van der Waals surface area contributed by atoms with Crippen molar-refractivity contribution in [2.45, 2.75) is 26.5 Å². The Hall–Kier alpha value is -3.28. The van der Waals surface area contributed by atoms with Gasteiger partial charge in [0, 0.05) is 6.07 Å². The van der Waals surface area contributed by atoms with Gasteiger partial charge in [-0.1, -0.05) is 42.0 Å². The van der Waals surface area contributed by atoms with Crippen LogP contribution in [0, 0.1) is 6.92 Å². The summed E-state index contributed by atoms with van der Waals surface area (Å²) in [5.41, 5.74) is 2.31. The Balaban J connectivity index is 1.65. The van der Waals surface area contributed by atoms with E-state index < -0.39 is 6.10 Å². The van der Waals surface area contributed by atoms with E-state index in [2.05, 4.69) is 34.7 Å². The number of benzene rings is 2. The van der Waals surface area contributed by atoms with Gasteiger partial charge < -0.3 is 14.8 Å². The monoisotopic (exact) mass is 365 g/mol. The molecule has 1 unspecified atom stereocenters. The minimum Gasteiger partial charge on any atom is -0.493 e. The Bertz CT molecular complexity index is 903. The molecule has 6 nitrogen and oxygen atoms in total. The highest BCUT2D eigenvalue weighted by Crippen LogP contribution is 2.27. The highest BCUT2D eigenvalue weighted by Gasteiger charge is 2.18. The summed E-state index contributed by atoms with van der Waals surface area (Å²) in [5.74, 6) is 1.47. The van der Waals surface area contributed by atoms with Crippen molar-refractivity contribution < 1.29 is 14.3 Å². The van der Waals surface area contributed by atoms with E-state index in [1.807, 2.05) is 19.1 Å². The van der Waals surface area contributed by atoms with Gasteiger partial charge in [0.1, 0.15) is 5.82 Å². The first kappa shape index (κ1) is 18.5. The average molecular weight is 365 g/mol. The summed E-state index contributed by atoms with van der Waals surface area (Å²) >= 11 is 0. The lowest BCUT2D eigenvalue weighted by atomic mass is 10.1. The number of aromatic nitrogens is 2. The van der Waals surface area contributed by atoms with E-state index in [-0.39, 0.29) is 5.91 Å². The molecule has 0 bridgehead atoms. The molecular weight excluding hydrogens is 342 g/mol. The summed E-state index contributed by atoms with van der Waals surface area (Å²) in [5, 5.41) is 7.17. The minimum absolute atomic E-state index is 0.258. The maximum absolute atomic E-state index is 12.5. The van der Waals surface area contributed by atoms with E-state index in [0.717, 1.165) is 5.56 Å². The lowest BCUT2D eigenvalue weighted by Gasteiger charge is -2.17. The van der Waals surface area contributed by atoms with Gasteiger partial charge in [0.25, 0.3) is 5.91 Å². The lowest BCUT2D eigenvalue weighted by Crippen LogP contribution is -2.31. The Morgan fingerprint density at radius 1 is 1.11 bits per heavy atom. The van der Waals surface area contributed by atoms with Gasteiger partial charge in [-0.15, -0.1) is 0 Å². The number of carbonyl (C=O) groups is 1. The number of rotatable bonds is 7. The van der Waals surface area contributed by atoms with Crippen LogP contribution in [0.25, 0.3) is 0 Å². The molecule has 0 saturated heterocycles. The molecule has 0 spiro atoms. The molecule has 3 rings (SSSR count). The Labute approximate surface area is 158 Å². The number of ether oxygens (including phenoxy) is 2. The predicted octanol–water partition coefficient (Wildman–Crippen LogP) is 3.65. The zero-order valence-electron chi connectivity index (χ0n) is 15.7. The van der Waals surface area contributed by atoms with Crippen LogP contribution in [0.2, 0.25) is 0 Å². The molecule has 0 radical (unpaired) electrons. The molecule has 1 amide bonds. The molecule has 0 saturated carbocycles. The predicted molar refractivity (Wildman–Crippen MR) is 104 cm³/mol. The molecule has 0 aliphatic heterocycles. The van der Waals surface area contributed by atoms with E-state index in [1.54, 1.807) is 43.1 Å². The van der Waals surface area contributed by atoms with Crippen LogP contribution in [-0.4, -0.2) is 28.9 Å². The van der Waals surface area contributed by atoms with Crippen LogP contribution in [0.3, 0.4) is 0 Å². The SMILES string of the molecule is COc1ccccc1OC(C)C(=O)Nc1ccnn1Cc1ccc(C)cc1. The van der Waals surface area contributed by atoms with Gasteiger partial charge in [0.05, 0.1) is 19.9 Å². The molecule has 0 aliphatic rings. The number of methoxy groups -OCH3 is 1. The van der Waals surface area contributed by atoms with Crippen LogP contribution in [0.15, 0.2) is 60.8 Å². The standard InChI is InChI=1S/C21H23N3O3/c1-15-8-10-17(11-9-15)14-24-20(12-13-22-24)23-21(25)16(2)27-19-7-5-4-6-18(19)26-3/h4-13,16H,14H2,1-3H3,(H,23,25). The Morgan fingerprint density at radius 3 is 2.52 bits per heavy atom. The number of nitrogens with one attached hydrogen (secondary N) is 1. The quantitative estimate of drug-likeness (QED) is 0.694. The molecule has 3 aromatic rings.